The zero-order valence-electron chi connectivity index (χ0n) is 11.9. The second-order valence-corrected chi connectivity index (χ2v) is 8.49. The Hall–Kier alpha value is 0.765. The smallest absolute Gasteiger partial charge is 0.261 e. The van der Waals surface area contributed by atoms with Gasteiger partial charge in [-0.15, -0.1) is 12.7 Å². The van der Waals surface area contributed by atoms with Crippen LogP contribution in [0, 0.1) is 0 Å². The van der Waals surface area contributed by atoms with Crippen LogP contribution >= 0.6 is 0 Å². The topological polar surface area (TPSA) is 31.5 Å². The van der Waals surface area contributed by atoms with E-state index in [1.807, 2.05) is 6.08 Å². The van der Waals surface area contributed by atoms with Crippen LogP contribution in [-0.2, 0) is 0 Å². The molecule has 92 valence electrons. The molecule has 0 aromatic rings. The number of rotatable bonds is 4. The predicted molar refractivity (Wildman–Crippen MR) is 80.3 cm³/mol. The highest BCUT2D eigenvalue weighted by Crippen LogP contribution is 2.01. The lowest BCUT2D eigenvalue weighted by Gasteiger charge is -1.97. The summed E-state index contributed by atoms with van der Waals surface area (Å²) in [5.41, 5.74) is 0. The number of hydrogen-bond acceptors (Lipinski definition) is 0. The molecule has 2 N–H and O–H groups in total. The molecule has 0 heterocycles. The molecule has 0 unspecified atom stereocenters. The largest absolute Gasteiger partial charge is 0.412 e. The molecule has 1 nitrogen and oxygen atoms in total. The van der Waals surface area contributed by atoms with E-state index in [9.17, 15) is 0 Å². The van der Waals surface area contributed by atoms with Crippen molar-refractivity contribution in [2.45, 2.75) is 62.2 Å². The first-order valence-electron chi connectivity index (χ1n) is 6.28. The highest BCUT2D eigenvalue weighted by Gasteiger charge is 2.05. The van der Waals surface area contributed by atoms with Gasteiger partial charge in [-0.25, -0.2) is 0 Å². The Morgan fingerprint density at radius 1 is 1.00 bits per heavy atom. The van der Waals surface area contributed by atoms with Crippen LogP contribution in [0.1, 0.15) is 41.0 Å². The van der Waals surface area contributed by atoms with Gasteiger partial charge in [-0.1, -0.05) is 62.2 Å². The van der Waals surface area contributed by atoms with E-state index < -0.39 is 0 Å². The minimum atomic E-state index is -0.171. The molecule has 3 heteroatoms. The summed E-state index contributed by atoms with van der Waals surface area (Å²) < 4.78 is 0. The molecule has 0 rings (SSSR count). The van der Waals surface area contributed by atoms with E-state index in [0.29, 0.717) is 0 Å². The van der Waals surface area contributed by atoms with Crippen molar-refractivity contribution in [1.82, 2.24) is 0 Å². The maximum absolute atomic E-state index is 3.51. The Balaban J connectivity index is -0.0000000654. The molecule has 0 aliphatic carbocycles. The van der Waals surface area contributed by atoms with E-state index in [-0.39, 0.29) is 19.6 Å². The summed E-state index contributed by atoms with van der Waals surface area (Å²) in [6.07, 6.45) is 3.19. The van der Waals surface area contributed by atoms with Crippen molar-refractivity contribution in [3.63, 3.8) is 0 Å². The van der Waals surface area contributed by atoms with E-state index >= 15 is 0 Å². The van der Waals surface area contributed by atoms with E-state index in [0.717, 1.165) is 0 Å². The normalized spacial score (nSPS) is 7.00. The summed E-state index contributed by atoms with van der Waals surface area (Å²) in [5.74, 6) is 0. The van der Waals surface area contributed by atoms with Gasteiger partial charge in [0.05, 0.1) is 0 Å². The molecule has 0 aromatic heterocycles. The lowest BCUT2D eigenvalue weighted by Crippen LogP contribution is -2.04. The summed E-state index contributed by atoms with van der Waals surface area (Å²) in [5, 5.41) is 5.70. The molecule has 0 fully saturated rings. The third-order valence-electron chi connectivity index (χ3n) is 2.02. The highest BCUT2D eigenvalue weighted by atomic mass is 27.2. The first-order valence-corrected chi connectivity index (χ1v) is 10.1. The maximum atomic E-state index is 3.51. The van der Waals surface area contributed by atoms with Crippen molar-refractivity contribution in [2.24, 2.45) is 0 Å². The molecule has 0 saturated heterocycles. The molecule has 0 aliphatic rings. The van der Waals surface area contributed by atoms with Crippen molar-refractivity contribution >= 4 is 30.4 Å². The monoisotopic (exact) mass is 246 g/mol. The van der Waals surface area contributed by atoms with Gasteiger partial charge in [0, 0.05) is 0 Å². The van der Waals surface area contributed by atoms with Crippen LogP contribution in [0.5, 0.6) is 0 Å². The molecule has 0 amide bonds. The van der Waals surface area contributed by atoms with Crippen molar-refractivity contribution in [1.29, 1.82) is 0 Å². The standard InChI is InChI=1S/C3H8.C3H5.3C2H5.2Al.H2O.2H/c2*1-3-2;3*1-2;;;;;/h3H2,1-2H3;3H,1-2H2;3*1H2,2H3;;;1H2;;. The fourth-order valence-electron chi connectivity index (χ4n) is 0.866. The molecule has 0 aromatic carbocycles. The SMILES string of the molecule is C=C[CH2][AlH2].CCC.C[CH2][Al]([CH2]C)[CH2]C.O. The van der Waals surface area contributed by atoms with E-state index in [1.54, 1.807) is 0 Å². The average molecular weight is 246 g/mol. The lowest BCUT2D eigenvalue weighted by molar-refractivity contribution is 0.824. The van der Waals surface area contributed by atoms with Crippen molar-refractivity contribution in [3.8, 4) is 0 Å². The second-order valence-electron chi connectivity index (χ2n) is 3.49. The Morgan fingerprint density at radius 2 is 1.20 bits per heavy atom. The van der Waals surface area contributed by atoms with Crippen molar-refractivity contribution in [3.05, 3.63) is 12.7 Å². The fourth-order valence-corrected chi connectivity index (χ4v) is 2.60. The molecule has 0 saturated carbocycles. The first-order chi connectivity index (χ1) is 6.67. The summed E-state index contributed by atoms with van der Waals surface area (Å²) in [7, 11) is 0. The van der Waals surface area contributed by atoms with Crippen LogP contribution in [0.15, 0.2) is 12.7 Å². The Bertz CT molecular complexity index is 78.2. The van der Waals surface area contributed by atoms with Crippen LogP contribution in [0.2, 0.25) is 21.1 Å². The van der Waals surface area contributed by atoms with Gasteiger partial charge in [0.15, 0.2) is 0 Å². The zero-order chi connectivity index (χ0) is 11.8. The Kier molecular flexibility index (Phi) is 48.6. The van der Waals surface area contributed by atoms with Crippen LogP contribution in [0.4, 0.5) is 0 Å². The molecule has 0 spiro atoms. The average Bonchev–Trinajstić information content (AvgIpc) is 2.22. The van der Waals surface area contributed by atoms with Gasteiger partial charge in [0.25, 0.3) is 14.1 Å². The van der Waals surface area contributed by atoms with Crippen LogP contribution in [0.25, 0.3) is 0 Å². The lowest BCUT2D eigenvalue weighted by atomic mass is 10.6. The third kappa shape index (κ3) is 39.9. The van der Waals surface area contributed by atoms with Gasteiger partial charge in [0.2, 0.25) is 16.3 Å². The molecule has 0 atom stereocenters. The fraction of sp³-hybridized carbons (Fsp3) is 0.833. The summed E-state index contributed by atoms with van der Waals surface area (Å²) in [6.45, 7) is 14.7. The quantitative estimate of drug-likeness (QED) is 0.538. The molecule has 0 aliphatic heterocycles. The Labute approximate surface area is 110 Å². The molecular formula is C12H32Al2O. The molecule has 0 radical (unpaired) electrons. The van der Waals surface area contributed by atoms with Crippen LogP contribution < -0.4 is 0 Å². The molecule has 0 bridgehead atoms. The minimum absolute atomic E-state index is 0. The van der Waals surface area contributed by atoms with Gasteiger partial charge in [-0.2, -0.15) is 0 Å². The summed E-state index contributed by atoms with van der Waals surface area (Å²) in [6, 6.07) is 0. The zero-order valence-corrected chi connectivity index (χ0v) is 15.1. The summed E-state index contributed by atoms with van der Waals surface area (Å²) in [4.78, 5) is 0. The highest BCUT2D eigenvalue weighted by molar-refractivity contribution is 6.58. The summed E-state index contributed by atoms with van der Waals surface area (Å²) >= 11 is 1.10. The van der Waals surface area contributed by atoms with E-state index in [2.05, 4.69) is 41.2 Å². The second kappa shape index (κ2) is 29.3. The van der Waals surface area contributed by atoms with Gasteiger partial charge < -0.3 is 5.48 Å². The van der Waals surface area contributed by atoms with E-state index in [4.69, 9.17) is 0 Å². The van der Waals surface area contributed by atoms with Crippen molar-refractivity contribution in [2.75, 3.05) is 0 Å². The van der Waals surface area contributed by atoms with Gasteiger partial charge in [0.1, 0.15) is 0 Å². The first kappa shape index (κ1) is 24.8. The van der Waals surface area contributed by atoms with E-state index in [1.165, 1.54) is 43.8 Å². The number of hydrogen-bond donors (Lipinski definition) is 0. The van der Waals surface area contributed by atoms with Gasteiger partial charge in [-0.3, -0.25) is 0 Å². The van der Waals surface area contributed by atoms with Gasteiger partial charge >= 0.3 is 0 Å². The predicted octanol–water partition coefficient (Wildman–Crippen LogP) is 3.36. The minimum Gasteiger partial charge on any atom is -0.412 e. The Morgan fingerprint density at radius 3 is 1.20 bits per heavy atom. The van der Waals surface area contributed by atoms with Crippen molar-refractivity contribution < 1.29 is 5.48 Å². The molecule has 15 heavy (non-hydrogen) atoms. The molecular weight excluding hydrogens is 214 g/mol. The third-order valence-corrected chi connectivity index (χ3v) is 6.06. The van der Waals surface area contributed by atoms with Crippen LogP contribution in [-0.4, -0.2) is 35.9 Å². The number of allylic oxidation sites excluding steroid dienone is 1. The van der Waals surface area contributed by atoms with Crippen LogP contribution in [0.3, 0.4) is 0 Å². The maximum Gasteiger partial charge on any atom is 0.261 e. The van der Waals surface area contributed by atoms with Gasteiger partial charge in [-0.05, 0) is 0 Å².